The molecule has 0 saturated carbocycles. The summed E-state index contributed by atoms with van der Waals surface area (Å²) in [6, 6.07) is -1.06. The Hall–Kier alpha value is 0.360. The number of rotatable bonds is 3. The van der Waals surface area contributed by atoms with Crippen molar-refractivity contribution < 1.29 is 51.9 Å². The quantitative estimate of drug-likeness (QED) is 0.154. The van der Waals surface area contributed by atoms with Crippen LogP contribution in [0.5, 0.6) is 0 Å². The van der Waals surface area contributed by atoms with Gasteiger partial charge in [0, 0.05) is 6.54 Å². The number of carbonyl (C=O) groups excluding carboxylic acids is 1. The van der Waals surface area contributed by atoms with Crippen molar-refractivity contribution in [3.05, 3.63) is 0 Å². The Kier molecular flexibility index (Phi) is 6.13. The number of hydrogen-bond acceptors (Lipinski definition) is 7. The van der Waals surface area contributed by atoms with E-state index in [1.165, 1.54) is 4.72 Å². The fraction of sp³-hybridized carbons (Fsp3) is 0.800. The first-order valence-corrected chi connectivity index (χ1v) is 6.51. The van der Waals surface area contributed by atoms with Gasteiger partial charge in [-0.15, -0.1) is 0 Å². The number of hydrazine groups is 1. The normalized spacial score (nSPS) is 30.2. The van der Waals surface area contributed by atoms with Gasteiger partial charge in [0.05, 0.1) is 6.04 Å². The molecular formula is C5H11N4NaO5PS+. The largest absolute Gasteiger partial charge is 1.00 e. The van der Waals surface area contributed by atoms with Crippen molar-refractivity contribution in [3.63, 3.8) is 0 Å². The number of nitrogens with two attached hydrogens (primary N) is 2. The van der Waals surface area contributed by atoms with Crippen LogP contribution in [0.25, 0.3) is 0 Å². The number of carbonyl (C=O) groups is 1. The van der Waals surface area contributed by atoms with Crippen molar-refractivity contribution in [2.45, 2.75) is 17.7 Å². The minimum Gasteiger partial charge on any atom is -0.735 e. The zero-order valence-corrected chi connectivity index (χ0v) is 12.9. The molecule has 0 aromatic heterocycles. The average molecular weight is 293 g/mol. The number of amides is 1. The first-order valence-electron chi connectivity index (χ1n) is 4.19. The zero-order valence-electron chi connectivity index (χ0n) is 9.04. The van der Waals surface area contributed by atoms with E-state index in [0.29, 0.717) is 5.01 Å². The first-order chi connectivity index (χ1) is 7.23. The minimum absolute atomic E-state index is 0. The van der Waals surface area contributed by atoms with E-state index >= 15 is 0 Å². The van der Waals surface area contributed by atoms with Gasteiger partial charge in [0.25, 0.3) is 0 Å². The van der Waals surface area contributed by atoms with Crippen LogP contribution >= 0.6 is 8.46 Å². The van der Waals surface area contributed by atoms with Crippen LogP contribution < -0.4 is 45.9 Å². The monoisotopic (exact) mass is 293 g/mol. The number of hydrogen-bond donors (Lipinski definition) is 3. The predicted molar refractivity (Wildman–Crippen MR) is 53.1 cm³/mol. The molecule has 1 rings (SSSR count). The molecule has 0 aromatic carbocycles. The molecule has 9 nitrogen and oxygen atoms in total. The van der Waals surface area contributed by atoms with E-state index in [1.807, 2.05) is 0 Å². The van der Waals surface area contributed by atoms with Gasteiger partial charge in [-0.25, -0.2) is 14.3 Å². The molecule has 12 heteroatoms. The summed E-state index contributed by atoms with van der Waals surface area (Å²) < 4.78 is 44.3. The van der Waals surface area contributed by atoms with Crippen molar-refractivity contribution >= 4 is 24.7 Å². The molecule has 1 heterocycles. The fourth-order valence-corrected chi connectivity index (χ4v) is 3.14. The van der Waals surface area contributed by atoms with Gasteiger partial charge < -0.3 is 10.3 Å². The van der Waals surface area contributed by atoms with Crippen molar-refractivity contribution in [1.29, 1.82) is 0 Å². The summed E-state index contributed by atoms with van der Waals surface area (Å²) in [5.74, 6) is 4.29. The Labute approximate surface area is 122 Å². The summed E-state index contributed by atoms with van der Waals surface area (Å²) in [6.07, 6.45) is 0.139. The van der Waals surface area contributed by atoms with E-state index in [4.69, 9.17) is 11.6 Å². The molecule has 1 amide bonds. The van der Waals surface area contributed by atoms with Crippen LogP contribution in [0.15, 0.2) is 0 Å². The Balaban J connectivity index is 0.00000256. The molecule has 1 aliphatic heterocycles. The summed E-state index contributed by atoms with van der Waals surface area (Å²) in [5.41, 5.74) is 5.52. The van der Waals surface area contributed by atoms with E-state index in [9.17, 15) is 22.3 Å². The summed E-state index contributed by atoms with van der Waals surface area (Å²) >= 11 is 0. The molecule has 0 aromatic rings. The molecule has 5 N–H and O–H groups in total. The molecular weight excluding hydrogens is 282 g/mol. The molecule has 1 fully saturated rings. The van der Waals surface area contributed by atoms with Crippen LogP contribution in [-0.2, 0) is 19.7 Å². The fourth-order valence-electron chi connectivity index (χ4n) is 1.44. The van der Waals surface area contributed by atoms with Gasteiger partial charge in [0.1, 0.15) is 0 Å². The molecule has 92 valence electrons. The van der Waals surface area contributed by atoms with Gasteiger partial charge in [0.2, 0.25) is 0 Å². The Morgan fingerprint density at radius 1 is 1.59 bits per heavy atom. The zero-order chi connectivity index (χ0) is 12.6. The molecule has 0 radical (unpaired) electrons. The van der Waals surface area contributed by atoms with Crippen molar-refractivity contribution in [3.8, 4) is 0 Å². The predicted octanol–water partition coefficient (Wildman–Crippen LogP) is -5.81. The minimum atomic E-state index is -4.96. The van der Waals surface area contributed by atoms with Crippen LogP contribution in [0.3, 0.4) is 0 Å². The van der Waals surface area contributed by atoms with E-state index < -0.39 is 36.0 Å². The second-order valence-corrected chi connectivity index (χ2v) is 5.47. The van der Waals surface area contributed by atoms with Gasteiger partial charge in [-0.05, 0) is 6.42 Å². The maximum Gasteiger partial charge on any atom is 1.00 e. The summed E-state index contributed by atoms with van der Waals surface area (Å²) in [6.45, 7) is 0.104. The SMILES string of the molecule is NC1CCN(N)C(=O)C1(NS(=O)(=O)[O-])[PH+]=O.[Na+]. The number of nitrogens with zero attached hydrogens (tertiary/aromatic N) is 1. The van der Waals surface area contributed by atoms with Crippen molar-refractivity contribution in [2.75, 3.05) is 6.54 Å². The second-order valence-electron chi connectivity index (χ2n) is 3.36. The standard InChI is InChI=1S/C5H11N4O5PS.Na/c6-3-1-2-9(7)4(10)5(3,15-11)8-16(12,13)14;/h3,8H,1-2,6-7H2,(H,12,13,14);/q;+1. The molecule has 3 atom stereocenters. The molecule has 0 spiro atoms. The van der Waals surface area contributed by atoms with E-state index in [0.717, 1.165) is 0 Å². The van der Waals surface area contributed by atoms with E-state index in [1.54, 1.807) is 0 Å². The molecule has 3 unspecified atom stereocenters. The van der Waals surface area contributed by atoms with Crippen molar-refractivity contribution in [2.24, 2.45) is 11.6 Å². The third kappa shape index (κ3) is 3.66. The molecule has 1 aliphatic rings. The summed E-state index contributed by atoms with van der Waals surface area (Å²) in [5, 5.41) is -1.46. The molecule has 0 bridgehead atoms. The van der Waals surface area contributed by atoms with Gasteiger partial charge >= 0.3 is 49.2 Å². The van der Waals surface area contributed by atoms with Gasteiger partial charge in [0.15, 0.2) is 10.3 Å². The van der Waals surface area contributed by atoms with Gasteiger partial charge in [-0.2, -0.15) is 4.72 Å². The first kappa shape index (κ1) is 17.4. The van der Waals surface area contributed by atoms with E-state index in [2.05, 4.69) is 0 Å². The third-order valence-electron chi connectivity index (χ3n) is 2.28. The Morgan fingerprint density at radius 2 is 2.12 bits per heavy atom. The smallest absolute Gasteiger partial charge is 0.735 e. The average Bonchev–Trinajstić information content (AvgIpc) is 2.17. The molecule has 17 heavy (non-hydrogen) atoms. The van der Waals surface area contributed by atoms with E-state index in [-0.39, 0.29) is 42.5 Å². The van der Waals surface area contributed by atoms with Crippen LogP contribution in [-0.4, -0.2) is 41.8 Å². The molecule has 0 aliphatic carbocycles. The van der Waals surface area contributed by atoms with Crippen LogP contribution in [0, 0.1) is 0 Å². The Morgan fingerprint density at radius 3 is 2.53 bits per heavy atom. The second kappa shape index (κ2) is 6.00. The maximum absolute atomic E-state index is 11.6. The van der Waals surface area contributed by atoms with Crippen LogP contribution in [0.1, 0.15) is 6.42 Å². The van der Waals surface area contributed by atoms with Crippen LogP contribution in [0.2, 0.25) is 0 Å². The summed E-state index contributed by atoms with van der Waals surface area (Å²) in [7, 11) is -6.40. The third-order valence-corrected chi connectivity index (χ3v) is 4.07. The Bertz CT molecular complexity index is 419. The molecule has 1 saturated heterocycles. The maximum atomic E-state index is 11.6. The summed E-state index contributed by atoms with van der Waals surface area (Å²) in [4.78, 5) is 11.6. The van der Waals surface area contributed by atoms with Crippen molar-refractivity contribution in [1.82, 2.24) is 9.73 Å². The van der Waals surface area contributed by atoms with Gasteiger partial charge in [-0.1, -0.05) is 4.57 Å². The number of piperidine rings is 1. The topological polar surface area (TPSA) is 159 Å². The van der Waals surface area contributed by atoms with Crippen LogP contribution in [0.4, 0.5) is 0 Å². The van der Waals surface area contributed by atoms with Gasteiger partial charge in [-0.3, -0.25) is 9.80 Å². The number of nitrogens with one attached hydrogen (secondary N) is 1.